The van der Waals surface area contributed by atoms with Crippen LogP contribution in [0.15, 0.2) is 48.5 Å². The number of nitrogens with zero attached hydrogens (tertiary/aromatic N) is 1. The first-order valence-electron chi connectivity index (χ1n) is 9.64. The predicted molar refractivity (Wildman–Crippen MR) is 109 cm³/mol. The van der Waals surface area contributed by atoms with E-state index in [-0.39, 0.29) is 18.4 Å². The Labute approximate surface area is 170 Å². The second-order valence-corrected chi connectivity index (χ2v) is 8.39. The lowest BCUT2D eigenvalue weighted by molar-refractivity contribution is -0.142. The molecule has 0 fully saturated rings. The van der Waals surface area contributed by atoms with Crippen molar-refractivity contribution < 1.29 is 19.5 Å². The van der Waals surface area contributed by atoms with Crippen LogP contribution in [0.1, 0.15) is 47.8 Å². The number of rotatable bonds is 4. The molecule has 2 N–H and O–H groups in total. The molecular formula is C23H26N2O4. The van der Waals surface area contributed by atoms with Gasteiger partial charge in [-0.15, -0.1) is 0 Å². The predicted octanol–water partition coefficient (Wildman–Crippen LogP) is 3.00. The van der Waals surface area contributed by atoms with Crippen molar-refractivity contribution in [2.75, 3.05) is 0 Å². The molecule has 0 bridgehead atoms. The van der Waals surface area contributed by atoms with Crippen molar-refractivity contribution in [3.63, 3.8) is 0 Å². The summed E-state index contributed by atoms with van der Waals surface area (Å²) in [6.45, 7) is 6.19. The van der Waals surface area contributed by atoms with Gasteiger partial charge in [-0.3, -0.25) is 9.59 Å². The summed E-state index contributed by atoms with van der Waals surface area (Å²) < 4.78 is 0. The maximum absolute atomic E-state index is 13.0. The zero-order chi connectivity index (χ0) is 21.2. The molecular weight excluding hydrogens is 368 g/mol. The van der Waals surface area contributed by atoms with E-state index in [0.29, 0.717) is 18.5 Å². The zero-order valence-electron chi connectivity index (χ0n) is 16.9. The maximum atomic E-state index is 13.0. The molecule has 2 amide bonds. The van der Waals surface area contributed by atoms with E-state index in [2.05, 4.69) is 5.32 Å². The lowest BCUT2D eigenvalue weighted by Gasteiger charge is -2.34. The molecule has 152 valence electrons. The Bertz CT molecular complexity index is 929. The van der Waals surface area contributed by atoms with Gasteiger partial charge in [0.15, 0.2) is 0 Å². The van der Waals surface area contributed by atoms with Gasteiger partial charge in [-0.05, 0) is 28.8 Å². The first-order chi connectivity index (χ1) is 13.7. The van der Waals surface area contributed by atoms with Gasteiger partial charge in [-0.1, -0.05) is 57.2 Å². The Morgan fingerprint density at radius 1 is 1.03 bits per heavy atom. The van der Waals surface area contributed by atoms with Gasteiger partial charge < -0.3 is 15.3 Å². The minimum atomic E-state index is -1.01. The number of hydrogen-bond acceptors (Lipinski definition) is 3. The van der Waals surface area contributed by atoms with Gasteiger partial charge in [0.1, 0.15) is 6.04 Å². The number of carbonyl (C=O) groups excluding carboxylic acids is 2. The molecule has 1 unspecified atom stereocenters. The molecule has 0 aromatic heterocycles. The first-order valence-corrected chi connectivity index (χ1v) is 9.64. The average Bonchev–Trinajstić information content (AvgIpc) is 2.70. The summed E-state index contributed by atoms with van der Waals surface area (Å²) in [4.78, 5) is 38.2. The fourth-order valence-electron chi connectivity index (χ4n) is 3.34. The van der Waals surface area contributed by atoms with Crippen LogP contribution in [0.5, 0.6) is 0 Å². The second kappa shape index (κ2) is 8.07. The molecule has 0 aliphatic carbocycles. The molecule has 0 saturated carbocycles. The Hall–Kier alpha value is -3.15. The Balaban J connectivity index is 1.74. The summed E-state index contributed by atoms with van der Waals surface area (Å²) in [6.07, 6.45) is 0.300. The minimum absolute atomic E-state index is 0.0473. The Morgan fingerprint density at radius 2 is 1.66 bits per heavy atom. The molecule has 2 aromatic rings. The van der Waals surface area contributed by atoms with Crippen LogP contribution in [0.2, 0.25) is 0 Å². The number of carboxylic acid groups (broad SMARTS) is 1. The number of hydrogen-bond donors (Lipinski definition) is 2. The molecule has 29 heavy (non-hydrogen) atoms. The summed E-state index contributed by atoms with van der Waals surface area (Å²) in [5.41, 5.74) is 2.78. The van der Waals surface area contributed by atoms with Gasteiger partial charge >= 0.3 is 5.97 Å². The van der Waals surface area contributed by atoms with E-state index in [1.807, 2.05) is 45.0 Å². The average molecular weight is 394 g/mol. The van der Waals surface area contributed by atoms with E-state index in [4.69, 9.17) is 0 Å². The number of carbonyl (C=O) groups is 3. The number of nitrogens with one attached hydrogen (secondary N) is 1. The van der Waals surface area contributed by atoms with Crippen molar-refractivity contribution in [2.45, 2.75) is 46.3 Å². The molecule has 0 spiro atoms. The molecule has 3 rings (SSSR count). The van der Waals surface area contributed by atoms with Crippen LogP contribution in [0.3, 0.4) is 0 Å². The summed E-state index contributed by atoms with van der Waals surface area (Å²) in [7, 11) is 0. The number of carboxylic acids is 1. The Kier molecular flexibility index (Phi) is 5.73. The van der Waals surface area contributed by atoms with Gasteiger partial charge in [-0.25, -0.2) is 4.79 Å². The van der Waals surface area contributed by atoms with Crippen molar-refractivity contribution in [1.82, 2.24) is 10.2 Å². The van der Waals surface area contributed by atoms with E-state index in [9.17, 15) is 19.5 Å². The van der Waals surface area contributed by atoms with Crippen LogP contribution in [-0.4, -0.2) is 33.8 Å². The van der Waals surface area contributed by atoms with Crippen LogP contribution in [0.25, 0.3) is 0 Å². The zero-order valence-corrected chi connectivity index (χ0v) is 16.9. The quantitative estimate of drug-likeness (QED) is 0.835. The molecule has 6 nitrogen and oxygen atoms in total. The summed E-state index contributed by atoms with van der Waals surface area (Å²) in [6, 6.07) is 13.6. The topological polar surface area (TPSA) is 86.7 Å². The van der Waals surface area contributed by atoms with Crippen molar-refractivity contribution in [3.8, 4) is 0 Å². The third kappa shape index (κ3) is 4.65. The third-order valence-corrected chi connectivity index (χ3v) is 5.13. The fourth-order valence-corrected chi connectivity index (χ4v) is 3.34. The van der Waals surface area contributed by atoms with Gasteiger partial charge in [-0.2, -0.15) is 0 Å². The van der Waals surface area contributed by atoms with Gasteiger partial charge in [0.2, 0.25) is 5.91 Å². The fraction of sp³-hybridized carbons (Fsp3) is 0.348. The minimum Gasteiger partial charge on any atom is -0.480 e. The number of amides is 2. The summed E-state index contributed by atoms with van der Waals surface area (Å²) in [5, 5.41) is 12.5. The van der Waals surface area contributed by atoms with Gasteiger partial charge in [0.25, 0.3) is 5.91 Å². The largest absolute Gasteiger partial charge is 0.480 e. The third-order valence-electron chi connectivity index (χ3n) is 5.13. The van der Waals surface area contributed by atoms with E-state index in [1.165, 1.54) is 4.90 Å². The number of benzene rings is 2. The monoisotopic (exact) mass is 394 g/mol. The molecule has 2 aromatic carbocycles. The molecule has 1 heterocycles. The van der Waals surface area contributed by atoms with E-state index in [0.717, 1.165) is 16.7 Å². The van der Waals surface area contributed by atoms with Crippen LogP contribution in [-0.2, 0) is 29.1 Å². The van der Waals surface area contributed by atoms with Gasteiger partial charge in [0, 0.05) is 30.5 Å². The normalized spacial score (nSPS) is 16.1. The number of aliphatic carboxylic acids is 1. The molecule has 0 saturated heterocycles. The van der Waals surface area contributed by atoms with E-state index < -0.39 is 17.4 Å². The molecule has 6 heteroatoms. The van der Waals surface area contributed by atoms with Gasteiger partial charge in [0.05, 0.1) is 0 Å². The molecule has 1 atom stereocenters. The standard InChI is InChI=1S/C23H26N2O4/c1-23(2,3)22(29)24-13-15-8-10-16(11-9-15)20(26)25-14-18-7-5-4-6-17(18)12-19(25)21(27)28/h4-11,19H,12-14H2,1-3H3,(H,24,29)(H,27,28). The van der Waals surface area contributed by atoms with Crippen LogP contribution < -0.4 is 5.32 Å². The molecule has 0 radical (unpaired) electrons. The Morgan fingerprint density at radius 3 is 2.24 bits per heavy atom. The van der Waals surface area contributed by atoms with E-state index >= 15 is 0 Å². The SMILES string of the molecule is CC(C)(C)C(=O)NCc1ccc(C(=O)N2Cc3ccccc3CC2C(=O)O)cc1. The number of fused-ring (bicyclic) bond motifs is 1. The maximum Gasteiger partial charge on any atom is 0.326 e. The first kappa shape index (κ1) is 20.6. The second-order valence-electron chi connectivity index (χ2n) is 8.39. The van der Waals surface area contributed by atoms with Crippen molar-refractivity contribution in [3.05, 3.63) is 70.8 Å². The highest BCUT2D eigenvalue weighted by Gasteiger charge is 2.34. The lowest BCUT2D eigenvalue weighted by atomic mass is 9.93. The highest BCUT2D eigenvalue weighted by Crippen LogP contribution is 2.25. The van der Waals surface area contributed by atoms with Crippen molar-refractivity contribution in [1.29, 1.82) is 0 Å². The smallest absolute Gasteiger partial charge is 0.326 e. The van der Waals surface area contributed by atoms with E-state index in [1.54, 1.807) is 24.3 Å². The van der Waals surface area contributed by atoms with Crippen LogP contribution in [0, 0.1) is 5.41 Å². The molecule has 1 aliphatic heterocycles. The summed E-state index contributed by atoms with van der Waals surface area (Å²) >= 11 is 0. The summed E-state index contributed by atoms with van der Waals surface area (Å²) in [5.74, 6) is -1.36. The lowest BCUT2D eigenvalue weighted by Crippen LogP contribution is -2.48. The van der Waals surface area contributed by atoms with Crippen molar-refractivity contribution >= 4 is 17.8 Å². The molecule has 1 aliphatic rings. The van der Waals surface area contributed by atoms with Crippen molar-refractivity contribution in [2.24, 2.45) is 5.41 Å². The highest BCUT2D eigenvalue weighted by atomic mass is 16.4. The van der Waals surface area contributed by atoms with Crippen LogP contribution >= 0.6 is 0 Å². The highest BCUT2D eigenvalue weighted by molar-refractivity contribution is 5.97. The van der Waals surface area contributed by atoms with Crippen LogP contribution in [0.4, 0.5) is 0 Å².